The summed E-state index contributed by atoms with van der Waals surface area (Å²) >= 11 is 5.49. The van der Waals surface area contributed by atoms with Gasteiger partial charge in [-0.2, -0.15) is 10.2 Å². The first-order chi connectivity index (χ1) is 19.6. The van der Waals surface area contributed by atoms with E-state index >= 15 is 0 Å². The SMILES string of the molecule is CC(C)NC(=S)N1CCN(c2ccc(-n3cnn(CC(O)(Cn4cncn4)c4ccc(F)cc4F)c3=O)cc2)CC1. The lowest BCUT2D eigenvalue weighted by molar-refractivity contribution is -0.00948. The molecule has 1 unspecified atom stereocenters. The van der Waals surface area contributed by atoms with E-state index < -0.39 is 29.5 Å². The minimum Gasteiger partial charge on any atom is -0.381 e. The van der Waals surface area contributed by atoms with E-state index in [9.17, 15) is 18.7 Å². The summed E-state index contributed by atoms with van der Waals surface area (Å²) in [5.41, 5.74) is -1.10. The lowest BCUT2D eigenvalue weighted by atomic mass is 9.93. The number of nitrogens with one attached hydrogen (secondary N) is 1. The number of piperazine rings is 1. The molecular formula is C27H31F2N9O2S. The van der Waals surface area contributed by atoms with Crippen LogP contribution in [0.25, 0.3) is 5.69 Å². The van der Waals surface area contributed by atoms with Crippen LogP contribution in [0.2, 0.25) is 0 Å². The summed E-state index contributed by atoms with van der Waals surface area (Å²) in [7, 11) is 0. The predicted molar refractivity (Wildman–Crippen MR) is 153 cm³/mol. The molecule has 1 aliphatic rings. The molecule has 0 amide bonds. The highest BCUT2D eigenvalue weighted by Gasteiger charge is 2.35. The third-order valence-electron chi connectivity index (χ3n) is 6.94. The molecule has 0 bridgehead atoms. The van der Waals surface area contributed by atoms with Crippen molar-refractivity contribution >= 4 is 23.0 Å². The Morgan fingerprint density at radius 1 is 1.02 bits per heavy atom. The van der Waals surface area contributed by atoms with Crippen LogP contribution in [-0.2, 0) is 18.7 Å². The van der Waals surface area contributed by atoms with Gasteiger partial charge in [-0.15, -0.1) is 0 Å². The van der Waals surface area contributed by atoms with Gasteiger partial charge in [0.2, 0.25) is 0 Å². The summed E-state index contributed by atoms with van der Waals surface area (Å²) in [6.07, 6.45) is 3.96. The number of anilines is 1. The first kappa shape index (κ1) is 28.4. The summed E-state index contributed by atoms with van der Waals surface area (Å²) in [4.78, 5) is 21.6. The zero-order valence-electron chi connectivity index (χ0n) is 22.7. The number of aromatic nitrogens is 6. The summed E-state index contributed by atoms with van der Waals surface area (Å²) in [6, 6.07) is 10.7. The highest BCUT2D eigenvalue weighted by molar-refractivity contribution is 7.80. The minimum atomic E-state index is -1.98. The van der Waals surface area contributed by atoms with E-state index in [2.05, 4.69) is 44.1 Å². The van der Waals surface area contributed by atoms with E-state index in [4.69, 9.17) is 12.2 Å². The Bertz CT molecular complexity index is 1550. The van der Waals surface area contributed by atoms with Gasteiger partial charge in [0, 0.05) is 49.5 Å². The molecule has 3 heterocycles. The predicted octanol–water partition coefficient (Wildman–Crippen LogP) is 1.90. The van der Waals surface area contributed by atoms with E-state index in [1.54, 1.807) is 0 Å². The Hall–Kier alpha value is -4.17. The maximum absolute atomic E-state index is 14.8. The number of hydrogen-bond donors (Lipinski definition) is 2. The molecular weight excluding hydrogens is 552 g/mol. The molecule has 0 spiro atoms. The normalized spacial score (nSPS) is 15.3. The van der Waals surface area contributed by atoms with Gasteiger partial charge in [0.25, 0.3) is 0 Å². The molecule has 14 heteroatoms. The van der Waals surface area contributed by atoms with Crippen molar-refractivity contribution in [3.8, 4) is 5.69 Å². The highest BCUT2D eigenvalue weighted by Crippen LogP contribution is 2.28. The zero-order chi connectivity index (χ0) is 29.1. The van der Waals surface area contributed by atoms with Gasteiger partial charge in [0.05, 0.1) is 18.8 Å². The first-order valence-electron chi connectivity index (χ1n) is 13.2. The number of halogens is 2. The van der Waals surface area contributed by atoms with Gasteiger partial charge in [-0.3, -0.25) is 0 Å². The fourth-order valence-electron chi connectivity index (χ4n) is 4.87. The van der Waals surface area contributed by atoms with Crippen LogP contribution >= 0.6 is 12.2 Å². The van der Waals surface area contributed by atoms with Crippen LogP contribution in [0, 0.1) is 11.6 Å². The largest absolute Gasteiger partial charge is 0.381 e. The minimum absolute atomic E-state index is 0.193. The highest BCUT2D eigenvalue weighted by atomic mass is 32.1. The molecule has 41 heavy (non-hydrogen) atoms. The zero-order valence-corrected chi connectivity index (χ0v) is 23.5. The Morgan fingerprint density at radius 3 is 2.37 bits per heavy atom. The third kappa shape index (κ3) is 6.28. The fourth-order valence-corrected chi connectivity index (χ4v) is 5.29. The molecule has 0 saturated carbocycles. The quantitative estimate of drug-likeness (QED) is 0.301. The molecule has 0 aliphatic carbocycles. The second-order valence-corrected chi connectivity index (χ2v) is 10.7. The summed E-state index contributed by atoms with van der Waals surface area (Å²) < 4.78 is 32.1. The maximum Gasteiger partial charge on any atom is 0.350 e. The lowest BCUT2D eigenvalue weighted by Gasteiger charge is -2.37. The number of rotatable bonds is 8. The first-order valence-corrected chi connectivity index (χ1v) is 13.6. The van der Waals surface area contributed by atoms with Crippen molar-refractivity contribution < 1.29 is 13.9 Å². The van der Waals surface area contributed by atoms with Crippen LogP contribution in [0.4, 0.5) is 14.5 Å². The summed E-state index contributed by atoms with van der Waals surface area (Å²) in [6.45, 7) is 6.69. The Morgan fingerprint density at radius 2 is 1.73 bits per heavy atom. The van der Waals surface area contributed by atoms with E-state index in [0.29, 0.717) is 11.8 Å². The van der Waals surface area contributed by atoms with Crippen LogP contribution in [-0.4, -0.2) is 76.5 Å². The van der Waals surface area contributed by atoms with Gasteiger partial charge in [0.1, 0.15) is 36.2 Å². The van der Waals surface area contributed by atoms with E-state index in [-0.39, 0.29) is 18.2 Å². The van der Waals surface area contributed by atoms with Crippen LogP contribution in [0.5, 0.6) is 0 Å². The number of aliphatic hydroxyl groups is 1. The fraction of sp³-hybridized carbons (Fsp3) is 0.370. The Balaban J connectivity index is 1.32. The monoisotopic (exact) mass is 583 g/mol. The van der Waals surface area contributed by atoms with Gasteiger partial charge in [-0.05, 0) is 56.4 Å². The van der Waals surface area contributed by atoms with Gasteiger partial charge in [-0.25, -0.2) is 32.5 Å². The number of hydrogen-bond acceptors (Lipinski definition) is 7. The van der Waals surface area contributed by atoms with Crippen molar-refractivity contribution in [1.82, 2.24) is 39.3 Å². The van der Waals surface area contributed by atoms with E-state index in [1.165, 1.54) is 28.2 Å². The van der Waals surface area contributed by atoms with Crippen molar-refractivity contribution in [2.75, 3.05) is 31.1 Å². The molecule has 1 fully saturated rings. The Kier molecular flexibility index (Phi) is 8.13. The van der Waals surface area contributed by atoms with Gasteiger partial charge in [0.15, 0.2) is 5.11 Å². The molecule has 1 saturated heterocycles. The maximum atomic E-state index is 14.8. The smallest absolute Gasteiger partial charge is 0.350 e. The van der Waals surface area contributed by atoms with E-state index in [1.807, 2.05) is 24.3 Å². The molecule has 2 aromatic heterocycles. The van der Waals surface area contributed by atoms with E-state index in [0.717, 1.165) is 53.8 Å². The van der Waals surface area contributed by atoms with Gasteiger partial charge in [-0.1, -0.05) is 6.07 Å². The molecule has 1 atom stereocenters. The standard InChI is InChI=1S/C27H31F2N9O2S/c1-19(2)33-25(41)35-11-9-34(10-12-35)21-4-6-22(7-5-21)37-18-32-38(26(37)39)15-27(40,14-36-17-30-16-31-36)23-8-3-20(28)13-24(23)29/h3-8,13,16-19,40H,9-12,14-15H2,1-2H3,(H,33,41). The van der Waals surface area contributed by atoms with Gasteiger partial charge < -0.3 is 20.2 Å². The lowest BCUT2D eigenvalue weighted by Crippen LogP contribution is -2.52. The molecule has 4 aromatic rings. The molecule has 1 aliphatic heterocycles. The van der Waals surface area contributed by atoms with Crippen molar-refractivity contribution in [3.63, 3.8) is 0 Å². The molecule has 11 nitrogen and oxygen atoms in total. The molecule has 2 aromatic carbocycles. The van der Waals surface area contributed by atoms with Crippen molar-refractivity contribution in [1.29, 1.82) is 0 Å². The summed E-state index contributed by atoms with van der Waals surface area (Å²) in [5.74, 6) is -1.73. The number of benzene rings is 2. The topological polar surface area (TPSA) is 109 Å². The van der Waals surface area contributed by atoms with Crippen molar-refractivity contribution in [2.24, 2.45) is 0 Å². The number of thiocarbonyl (C=S) groups is 1. The second-order valence-electron chi connectivity index (χ2n) is 10.3. The molecule has 216 valence electrons. The van der Waals surface area contributed by atoms with Crippen LogP contribution in [0.15, 0.2) is 66.2 Å². The average molecular weight is 584 g/mol. The average Bonchev–Trinajstić information content (AvgIpc) is 3.58. The summed E-state index contributed by atoms with van der Waals surface area (Å²) in [5, 5.41) is 23.8. The van der Waals surface area contributed by atoms with Crippen molar-refractivity contribution in [2.45, 2.75) is 38.6 Å². The molecule has 5 rings (SSSR count). The van der Waals surface area contributed by atoms with Crippen LogP contribution in [0.1, 0.15) is 19.4 Å². The van der Waals surface area contributed by atoms with Crippen LogP contribution in [0.3, 0.4) is 0 Å². The second kappa shape index (κ2) is 11.7. The molecule has 2 N–H and O–H groups in total. The number of nitrogens with zero attached hydrogens (tertiary/aromatic N) is 8. The van der Waals surface area contributed by atoms with Crippen LogP contribution < -0.4 is 15.9 Å². The Labute approximate surface area is 240 Å². The van der Waals surface area contributed by atoms with Gasteiger partial charge >= 0.3 is 5.69 Å². The van der Waals surface area contributed by atoms with Crippen molar-refractivity contribution in [3.05, 3.63) is 89.1 Å². The third-order valence-corrected chi connectivity index (χ3v) is 7.32. The molecule has 0 radical (unpaired) electrons.